The number of ether oxygens (including phenoxy) is 2. The first kappa shape index (κ1) is 18.9. The van der Waals surface area contributed by atoms with Gasteiger partial charge in [0.1, 0.15) is 0 Å². The molecule has 0 aromatic heterocycles. The van der Waals surface area contributed by atoms with Crippen molar-refractivity contribution < 1.29 is 19.4 Å². The van der Waals surface area contributed by atoms with Gasteiger partial charge < -0.3 is 14.6 Å². The minimum Gasteiger partial charge on any atom is -0.478 e. The predicted molar refractivity (Wildman–Crippen MR) is 97.1 cm³/mol. The summed E-state index contributed by atoms with van der Waals surface area (Å²) in [4.78, 5) is 11.8. The van der Waals surface area contributed by atoms with E-state index in [1.165, 1.54) is 0 Å². The number of hydrogen-bond donors (Lipinski definition) is 1. The van der Waals surface area contributed by atoms with E-state index in [4.69, 9.17) is 9.47 Å². The standard InChI is InChI=1S/C21H34O4/c1-14-8-10-21(3)16(19(22)23)6-5-7-17(21)20(14,2)11-9-15-12-18(24-4)25-13-15/h6,14-15,17-18H,5,7-13H2,1-4H3,(H,22,23)/t14-,15+,17-,18-,20+,21+/m1/s1. The maximum absolute atomic E-state index is 11.8. The molecular weight excluding hydrogens is 316 g/mol. The van der Waals surface area contributed by atoms with Crippen molar-refractivity contribution >= 4 is 5.97 Å². The van der Waals surface area contributed by atoms with Crippen LogP contribution in [-0.4, -0.2) is 31.1 Å². The minimum atomic E-state index is -0.712. The Hall–Kier alpha value is -0.870. The van der Waals surface area contributed by atoms with E-state index in [0.717, 1.165) is 51.6 Å². The van der Waals surface area contributed by atoms with Gasteiger partial charge in [-0.3, -0.25) is 0 Å². The van der Waals surface area contributed by atoms with Gasteiger partial charge in [-0.05, 0) is 61.7 Å². The first-order chi connectivity index (χ1) is 11.8. The summed E-state index contributed by atoms with van der Waals surface area (Å²) in [5, 5.41) is 9.74. The summed E-state index contributed by atoms with van der Waals surface area (Å²) >= 11 is 0. The number of carbonyl (C=O) groups is 1. The second-order valence-corrected chi connectivity index (χ2v) is 9.05. The normalized spacial score (nSPS) is 44.2. The topological polar surface area (TPSA) is 55.8 Å². The van der Waals surface area contributed by atoms with Crippen molar-refractivity contribution in [2.75, 3.05) is 13.7 Å². The fourth-order valence-corrected chi connectivity index (χ4v) is 5.97. The lowest BCUT2D eigenvalue weighted by atomic mass is 9.46. The largest absolute Gasteiger partial charge is 0.478 e. The third kappa shape index (κ3) is 3.28. The van der Waals surface area contributed by atoms with Crippen molar-refractivity contribution in [2.24, 2.45) is 28.6 Å². The molecule has 3 aliphatic rings. The van der Waals surface area contributed by atoms with E-state index in [-0.39, 0.29) is 17.1 Å². The van der Waals surface area contributed by atoms with Crippen LogP contribution in [0.3, 0.4) is 0 Å². The number of hydrogen-bond acceptors (Lipinski definition) is 3. The Labute approximate surface area is 152 Å². The van der Waals surface area contributed by atoms with Crippen LogP contribution in [0, 0.1) is 28.6 Å². The third-order valence-corrected chi connectivity index (χ3v) is 7.83. The van der Waals surface area contributed by atoms with Crippen molar-refractivity contribution in [1.82, 2.24) is 0 Å². The van der Waals surface area contributed by atoms with Crippen LogP contribution < -0.4 is 0 Å². The van der Waals surface area contributed by atoms with Crippen LogP contribution >= 0.6 is 0 Å². The van der Waals surface area contributed by atoms with Gasteiger partial charge in [0.15, 0.2) is 6.29 Å². The number of carboxylic acids is 1. The van der Waals surface area contributed by atoms with E-state index in [1.54, 1.807) is 7.11 Å². The molecule has 142 valence electrons. The lowest BCUT2D eigenvalue weighted by Crippen LogP contribution is -2.51. The molecule has 6 atom stereocenters. The van der Waals surface area contributed by atoms with Crippen molar-refractivity contribution in [3.63, 3.8) is 0 Å². The van der Waals surface area contributed by atoms with Crippen LogP contribution in [0.25, 0.3) is 0 Å². The molecule has 1 N–H and O–H groups in total. The molecule has 1 saturated heterocycles. The summed E-state index contributed by atoms with van der Waals surface area (Å²) in [6.07, 6.45) is 9.40. The van der Waals surface area contributed by atoms with Crippen LogP contribution in [0.1, 0.15) is 65.7 Å². The summed E-state index contributed by atoms with van der Waals surface area (Å²) < 4.78 is 11.0. The highest BCUT2D eigenvalue weighted by atomic mass is 16.7. The van der Waals surface area contributed by atoms with Crippen molar-refractivity contribution in [3.05, 3.63) is 11.6 Å². The van der Waals surface area contributed by atoms with Gasteiger partial charge in [0.2, 0.25) is 0 Å². The number of allylic oxidation sites excluding steroid dienone is 1. The fraction of sp³-hybridized carbons (Fsp3) is 0.857. The molecule has 0 radical (unpaired) electrons. The first-order valence-corrected chi connectivity index (χ1v) is 9.89. The minimum absolute atomic E-state index is 0.0388. The molecule has 0 bridgehead atoms. The highest BCUT2D eigenvalue weighted by Crippen LogP contribution is 2.62. The highest BCUT2D eigenvalue weighted by Gasteiger charge is 2.55. The number of carboxylic acid groups (broad SMARTS) is 1. The van der Waals surface area contributed by atoms with E-state index in [9.17, 15) is 9.90 Å². The van der Waals surface area contributed by atoms with Gasteiger partial charge in [0.05, 0.1) is 6.61 Å². The molecule has 3 rings (SSSR count). The lowest BCUT2D eigenvalue weighted by molar-refractivity contribution is -0.137. The first-order valence-electron chi connectivity index (χ1n) is 9.89. The SMILES string of the molecule is CO[C@H]1C[C@H](CC[C@@]2(C)[C@H](C)CC[C@@]3(C)C(C(=O)O)=CCC[C@H]23)CO1. The second kappa shape index (κ2) is 7.03. The molecule has 0 aromatic rings. The molecule has 4 nitrogen and oxygen atoms in total. The van der Waals surface area contributed by atoms with Gasteiger partial charge in [-0.15, -0.1) is 0 Å². The summed E-state index contributed by atoms with van der Waals surface area (Å²) in [5.41, 5.74) is 0.699. The number of aliphatic carboxylic acids is 1. The molecule has 0 unspecified atom stereocenters. The Balaban J connectivity index is 1.77. The monoisotopic (exact) mass is 350 g/mol. The van der Waals surface area contributed by atoms with E-state index in [1.807, 2.05) is 6.08 Å². The number of fused-ring (bicyclic) bond motifs is 1. The maximum atomic E-state index is 11.8. The molecule has 1 saturated carbocycles. The molecular formula is C21H34O4. The van der Waals surface area contributed by atoms with Gasteiger partial charge in [-0.2, -0.15) is 0 Å². The van der Waals surface area contributed by atoms with Crippen molar-refractivity contribution in [3.8, 4) is 0 Å². The molecule has 25 heavy (non-hydrogen) atoms. The van der Waals surface area contributed by atoms with Gasteiger partial charge in [-0.1, -0.05) is 26.8 Å². The average molecular weight is 350 g/mol. The molecule has 0 spiro atoms. The van der Waals surface area contributed by atoms with Crippen LogP contribution in [0.15, 0.2) is 11.6 Å². The Morgan fingerprint density at radius 1 is 1.40 bits per heavy atom. The zero-order valence-corrected chi connectivity index (χ0v) is 16.2. The van der Waals surface area contributed by atoms with Crippen LogP contribution in [0.2, 0.25) is 0 Å². The van der Waals surface area contributed by atoms with Crippen molar-refractivity contribution in [2.45, 2.75) is 72.0 Å². The van der Waals surface area contributed by atoms with Crippen LogP contribution in [0.4, 0.5) is 0 Å². The summed E-state index contributed by atoms with van der Waals surface area (Å²) in [6.45, 7) is 7.81. The fourth-order valence-electron chi connectivity index (χ4n) is 5.97. The van der Waals surface area contributed by atoms with Gasteiger partial charge in [0.25, 0.3) is 0 Å². The second-order valence-electron chi connectivity index (χ2n) is 9.05. The Morgan fingerprint density at radius 2 is 2.16 bits per heavy atom. The zero-order chi connectivity index (χ0) is 18.2. The smallest absolute Gasteiger partial charge is 0.331 e. The van der Waals surface area contributed by atoms with Crippen LogP contribution in [-0.2, 0) is 14.3 Å². The molecule has 0 amide bonds. The van der Waals surface area contributed by atoms with E-state index < -0.39 is 5.97 Å². The van der Waals surface area contributed by atoms with E-state index >= 15 is 0 Å². The van der Waals surface area contributed by atoms with E-state index in [0.29, 0.717) is 23.3 Å². The molecule has 1 heterocycles. The highest BCUT2D eigenvalue weighted by molar-refractivity contribution is 5.88. The molecule has 2 aliphatic carbocycles. The summed E-state index contributed by atoms with van der Waals surface area (Å²) in [7, 11) is 1.71. The number of methoxy groups -OCH3 is 1. The molecule has 0 aromatic carbocycles. The van der Waals surface area contributed by atoms with Gasteiger partial charge in [-0.25, -0.2) is 4.79 Å². The molecule has 4 heteroatoms. The van der Waals surface area contributed by atoms with Crippen LogP contribution in [0.5, 0.6) is 0 Å². The predicted octanol–water partition coefficient (Wildman–Crippen LogP) is 4.64. The average Bonchev–Trinajstić information content (AvgIpc) is 3.04. The summed E-state index contributed by atoms with van der Waals surface area (Å²) in [5.74, 6) is 0.955. The third-order valence-electron chi connectivity index (χ3n) is 7.83. The Bertz CT molecular complexity index is 542. The van der Waals surface area contributed by atoms with E-state index in [2.05, 4.69) is 20.8 Å². The quantitative estimate of drug-likeness (QED) is 0.785. The zero-order valence-electron chi connectivity index (χ0n) is 16.2. The molecule has 1 aliphatic heterocycles. The van der Waals surface area contributed by atoms with Crippen molar-refractivity contribution in [1.29, 1.82) is 0 Å². The lowest BCUT2D eigenvalue weighted by Gasteiger charge is -2.57. The number of rotatable bonds is 5. The van der Waals surface area contributed by atoms with Gasteiger partial charge >= 0.3 is 5.97 Å². The van der Waals surface area contributed by atoms with Gasteiger partial charge in [0, 0.05) is 24.5 Å². The molecule has 2 fully saturated rings. The Morgan fingerprint density at radius 3 is 2.80 bits per heavy atom. The Kier molecular flexibility index (Phi) is 5.32. The maximum Gasteiger partial charge on any atom is 0.331 e. The summed E-state index contributed by atoms with van der Waals surface area (Å²) in [6, 6.07) is 0.